The van der Waals surface area contributed by atoms with Gasteiger partial charge in [-0.1, -0.05) is 18.2 Å². The number of dihydropyridines is 1. The number of hydrogen-bond donors (Lipinski definition) is 0. The fourth-order valence-corrected chi connectivity index (χ4v) is 4.09. The predicted octanol–water partition coefficient (Wildman–Crippen LogP) is 2.80. The highest BCUT2D eigenvalue weighted by atomic mass is 16.1. The quantitative estimate of drug-likeness (QED) is 0.771. The lowest BCUT2D eigenvalue weighted by molar-refractivity contribution is -0.115. The summed E-state index contributed by atoms with van der Waals surface area (Å²) in [5.41, 5.74) is 4.23. The zero-order valence-electron chi connectivity index (χ0n) is 17.4. The van der Waals surface area contributed by atoms with E-state index in [9.17, 15) is 4.79 Å². The second kappa shape index (κ2) is 8.11. The summed E-state index contributed by atoms with van der Waals surface area (Å²) in [6.45, 7) is 4.12. The average molecular weight is 402 g/mol. The number of aromatic nitrogens is 2. The second-order valence-electron chi connectivity index (χ2n) is 8.54. The van der Waals surface area contributed by atoms with E-state index < -0.39 is 0 Å². The zero-order chi connectivity index (χ0) is 20.5. The minimum Gasteiger partial charge on any atom is -0.366 e. The van der Waals surface area contributed by atoms with Gasteiger partial charge in [-0.3, -0.25) is 9.79 Å². The molecule has 30 heavy (non-hydrogen) atoms. The van der Waals surface area contributed by atoms with Gasteiger partial charge in [-0.15, -0.1) is 0 Å². The molecule has 5 rings (SSSR count). The molecule has 1 atom stereocenters. The fraction of sp³-hybridized carbons (Fsp3) is 0.417. The van der Waals surface area contributed by atoms with Crippen molar-refractivity contribution >= 4 is 17.2 Å². The molecule has 1 aromatic carbocycles. The minimum absolute atomic E-state index is 0.0950. The molecule has 6 nitrogen and oxygen atoms in total. The summed E-state index contributed by atoms with van der Waals surface area (Å²) in [7, 11) is 2.15. The number of anilines is 1. The summed E-state index contributed by atoms with van der Waals surface area (Å²) < 4.78 is 0. The number of benzene rings is 1. The van der Waals surface area contributed by atoms with Gasteiger partial charge in [-0.2, -0.15) is 0 Å². The molecular weight excluding hydrogens is 374 g/mol. The van der Waals surface area contributed by atoms with Crippen LogP contribution in [-0.2, 0) is 11.2 Å². The number of hydrogen-bond acceptors (Lipinski definition) is 6. The number of likely N-dealkylation sites (N-methyl/N-ethyl adjacent to an activating group) is 1. The molecule has 1 unspecified atom stereocenters. The predicted molar refractivity (Wildman–Crippen MR) is 119 cm³/mol. The summed E-state index contributed by atoms with van der Waals surface area (Å²) in [5.74, 6) is 1.37. The Hall–Kier alpha value is -2.86. The summed E-state index contributed by atoms with van der Waals surface area (Å²) in [6.07, 6.45) is 10.5. The Bertz CT molecular complexity index is 985. The van der Waals surface area contributed by atoms with Gasteiger partial charge in [0.05, 0.1) is 18.1 Å². The molecule has 1 saturated heterocycles. The Balaban J connectivity index is 1.30. The number of ketones is 1. The molecular formula is C24H27N5O. The molecule has 0 amide bonds. The third kappa shape index (κ3) is 4.19. The first-order chi connectivity index (χ1) is 14.7. The molecule has 1 aliphatic carbocycles. The van der Waals surface area contributed by atoms with E-state index in [-0.39, 0.29) is 11.8 Å². The maximum Gasteiger partial charge on any atom is 0.180 e. The third-order valence-corrected chi connectivity index (χ3v) is 6.17. The Kier molecular flexibility index (Phi) is 5.17. The maximum atomic E-state index is 12.3. The molecule has 3 heterocycles. The van der Waals surface area contributed by atoms with Crippen LogP contribution >= 0.6 is 0 Å². The van der Waals surface area contributed by atoms with Crippen molar-refractivity contribution in [2.75, 3.05) is 38.1 Å². The van der Waals surface area contributed by atoms with Gasteiger partial charge in [-0.25, -0.2) is 9.97 Å². The number of nitrogens with zero attached hydrogens (tertiary/aromatic N) is 5. The van der Waals surface area contributed by atoms with E-state index in [4.69, 9.17) is 4.99 Å². The number of aliphatic imine (C=N–C) groups is 1. The molecule has 1 saturated carbocycles. The van der Waals surface area contributed by atoms with Gasteiger partial charge in [0.25, 0.3) is 0 Å². The lowest BCUT2D eigenvalue weighted by atomic mass is 9.98. The normalized spacial score (nSPS) is 22.3. The number of carbonyl (C=O) groups excluding carboxylic acids is 1. The van der Waals surface area contributed by atoms with E-state index >= 15 is 0 Å². The summed E-state index contributed by atoms with van der Waals surface area (Å²) in [5, 5.41) is 0. The Labute approximate surface area is 177 Å². The van der Waals surface area contributed by atoms with Crippen molar-refractivity contribution in [2.45, 2.75) is 25.3 Å². The Morgan fingerprint density at radius 1 is 1.03 bits per heavy atom. The molecule has 0 radical (unpaired) electrons. The van der Waals surface area contributed by atoms with Gasteiger partial charge in [0, 0.05) is 49.8 Å². The smallest absolute Gasteiger partial charge is 0.180 e. The number of piperazine rings is 1. The van der Waals surface area contributed by atoms with Crippen LogP contribution in [0.25, 0.3) is 11.4 Å². The van der Waals surface area contributed by atoms with Gasteiger partial charge < -0.3 is 9.80 Å². The lowest BCUT2D eigenvalue weighted by Crippen LogP contribution is -2.44. The molecule has 1 aromatic heterocycles. The summed E-state index contributed by atoms with van der Waals surface area (Å²) >= 11 is 0. The topological polar surface area (TPSA) is 61.7 Å². The van der Waals surface area contributed by atoms with Crippen LogP contribution in [0.4, 0.5) is 5.69 Å². The van der Waals surface area contributed by atoms with Crippen molar-refractivity contribution in [3.8, 4) is 11.4 Å². The van der Waals surface area contributed by atoms with Crippen LogP contribution in [0.2, 0.25) is 0 Å². The van der Waals surface area contributed by atoms with Gasteiger partial charge in [-0.05, 0) is 43.7 Å². The molecule has 154 valence electrons. The standard InChI is InChI=1S/C24H27N5O/c1-28-9-11-29(12-10-28)20-15-25-24(26-16-20)19-4-2-3-17(13-19)14-22-23(30)8-7-21(27-22)18-5-6-18/h2-4,7-8,13,15-16,18,22H,5-6,9-12,14H2,1H3. The third-order valence-electron chi connectivity index (χ3n) is 6.17. The molecule has 0 bridgehead atoms. The first kappa shape index (κ1) is 19.1. The number of rotatable bonds is 5. The number of carbonyl (C=O) groups is 1. The Morgan fingerprint density at radius 2 is 1.80 bits per heavy atom. The van der Waals surface area contributed by atoms with E-state index in [1.54, 1.807) is 6.08 Å². The van der Waals surface area contributed by atoms with Gasteiger partial charge in [0.1, 0.15) is 6.04 Å². The Morgan fingerprint density at radius 3 is 2.53 bits per heavy atom. The van der Waals surface area contributed by atoms with Crippen LogP contribution in [-0.4, -0.2) is 65.6 Å². The van der Waals surface area contributed by atoms with Crippen molar-refractivity contribution in [1.29, 1.82) is 0 Å². The van der Waals surface area contributed by atoms with Crippen molar-refractivity contribution in [1.82, 2.24) is 14.9 Å². The van der Waals surface area contributed by atoms with Gasteiger partial charge in [0.2, 0.25) is 0 Å². The summed E-state index contributed by atoms with van der Waals surface area (Å²) in [6, 6.07) is 7.87. The molecule has 0 N–H and O–H groups in total. The highest BCUT2D eigenvalue weighted by Gasteiger charge is 2.30. The van der Waals surface area contributed by atoms with Crippen molar-refractivity contribution in [2.24, 2.45) is 10.9 Å². The average Bonchev–Trinajstić information content (AvgIpc) is 3.62. The van der Waals surface area contributed by atoms with Crippen LogP contribution in [0.5, 0.6) is 0 Å². The van der Waals surface area contributed by atoms with Crippen LogP contribution in [0.1, 0.15) is 18.4 Å². The van der Waals surface area contributed by atoms with Crippen LogP contribution in [0.15, 0.2) is 53.8 Å². The first-order valence-corrected chi connectivity index (χ1v) is 10.8. The fourth-order valence-electron chi connectivity index (χ4n) is 4.09. The van der Waals surface area contributed by atoms with Crippen molar-refractivity contribution < 1.29 is 4.79 Å². The molecule has 2 aliphatic heterocycles. The lowest BCUT2D eigenvalue weighted by Gasteiger charge is -2.33. The molecule has 3 aliphatic rings. The van der Waals surface area contributed by atoms with E-state index in [1.165, 1.54) is 12.8 Å². The molecule has 2 fully saturated rings. The highest BCUT2D eigenvalue weighted by Crippen LogP contribution is 2.33. The largest absolute Gasteiger partial charge is 0.366 e. The number of allylic oxidation sites excluding steroid dienone is 1. The monoisotopic (exact) mass is 401 g/mol. The molecule has 6 heteroatoms. The minimum atomic E-state index is -0.304. The van der Waals surface area contributed by atoms with E-state index in [1.807, 2.05) is 30.6 Å². The summed E-state index contributed by atoms with van der Waals surface area (Å²) in [4.78, 5) is 31.0. The second-order valence-corrected chi connectivity index (χ2v) is 8.54. The van der Waals surface area contributed by atoms with Gasteiger partial charge >= 0.3 is 0 Å². The van der Waals surface area contributed by atoms with E-state index in [0.717, 1.165) is 48.7 Å². The first-order valence-electron chi connectivity index (χ1n) is 10.8. The van der Waals surface area contributed by atoms with E-state index in [2.05, 4.69) is 38.9 Å². The van der Waals surface area contributed by atoms with Crippen molar-refractivity contribution in [3.63, 3.8) is 0 Å². The van der Waals surface area contributed by atoms with Gasteiger partial charge in [0.15, 0.2) is 11.6 Å². The van der Waals surface area contributed by atoms with Crippen molar-refractivity contribution in [3.05, 3.63) is 54.4 Å². The van der Waals surface area contributed by atoms with Crippen LogP contribution < -0.4 is 4.90 Å². The molecule has 2 aromatic rings. The maximum absolute atomic E-state index is 12.3. The van der Waals surface area contributed by atoms with Crippen LogP contribution in [0.3, 0.4) is 0 Å². The van der Waals surface area contributed by atoms with E-state index in [0.29, 0.717) is 18.2 Å². The zero-order valence-corrected chi connectivity index (χ0v) is 17.4. The SMILES string of the molecule is CN1CCN(c2cnc(-c3cccc(CC4N=C(C5CC5)C=CC4=O)c3)nc2)CC1. The highest BCUT2D eigenvalue weighted by molar-refractivity contribution is 6.09. The molecule has 0 spiro atoms. The van der Waals surface area contributed by atoms with Crippen LogP contribution in [0, 0.1) is 5.92 Å².